The lowest BCUT2D eigenvalue weighted by atomic mass is 9.97. The molecule has 1 aliphatic heterocycles. The third-order valence-corrected chi connectivity index (χ3v) is 3.37. The average molecular weight is 266 g/mol. The quantitative estimate of drug-likeness (QED) is 0.666. The molecule has 0 aliphatic carbocycles. The van der Waals surface area contributed by atoms with Gasteiger partial charge in [0.25, 0.3) is 0 Å². The van der Waals surface area contributed by atoms with Crippen LogP contribution in [0.2, 0.25) is 15.1 Å². The second-order valence-corrected chi connectivity index (χ2v) is 4.63. The van der Waals surface area contributed by atoms with E-state index in [1.54, 1.807) is 6.92 Å². The first kappa shape index (κ1) is 11.1. The second kappa shape index (κ2) is 3.85. The van der Waals surface area contributed by atoms with Crippen molar-refractivity contribution < 1.29 is 9.53 Å². The van der Waals surface area contributed by atoms with Gasteiger partial charge in [-0.05, 0) is 6.07 Å². The number of carbonyl (C=O) groups excluding carboxylic acids is 1. The van der Waals surface area contributed by atoms with Crippen LogP contribution in [0.3, 0.4) is 0 Å². The van der Waals surface area contributed by atoms with E-state index < -0.39 is 0 Å². The molecule has 1 aromatic carbocycles. The maximum atomic E-state index is 11.9. The summed E-state index contributed by atoms with van der Waals surface area (Å²) in [5.74, 6) is 0.0457. The molecule has 5 heteroatoms. The normalized spacial score (nSPS) is 19.7. The Morgan fingerprint density at radius 2 is 2.00 bits per heavy atom. The monoisotopic (exact) mass is 264 g/mol. The number of hydrogen-bond acceptors (Lipinski definition) is 2. The minimum atomic E-state index is -0.218. The molecule has 0 saturated heterocycles. The SMILES string of the molecule is CC1COc2c(Cl)cc(Cl)c(Cl)c2C1=O. The highest BCUT2D eigenvalue weighted by atomic mass is 35.5. The third kappa shape index (κ3) is 1.71. The van der Waals surface area contributed by atoms with Gasteiger partial charge in [0.1, 0.15) is 5.75 Å². The zero-order valence-corrected chi connectivity index (χ0v) is 10.1. The molecule has 1 aromatic rings. The van der Waals surface area contributed by atoms with Crippen LogP contribution in [0.4, 0.5) is 0 Å². The fourth-order valence-electron chi connectivity index (χ4n) is 1.47. The molecule has 0 spiro atoms. The van der Waals surface area contributed by atoms with Crippen molar-refractivity contribution in [3.63, 3.8) is 0 Å². The first-order chi connectivity index (χ1) is 7.02. The summed E-state index contributed by atoms with van der Waals surface area (Å²) in [6, 6.07) is 1.48. The summed E-state index contributed by atoms with van der Waals surface area (Å²) in [6.07, 6.45) is 0. The number of hydrogen-bond donors (Lipinski definition) is 0. The van der Waals surface area contributed by atoms with E-state index in [4.69, 9.17) is 39.5 Å². The number of Topliss-reactive ketones (excluding diaryl/α,β-unsaturated/α-hetero) is 1. The Hall–Kier alpha value is -0.440. The third-order valence-electron chi connectivity index (χ3n) is 2.30. The predicted molar refractivity (Wildman–Crippen MR) is 60.5 cm³/mol. The molecule has 0 bridgehead atoms. The van der Waals surface area contributed by atoms with Crippen LogP contribution in [0, 0.1) is 5.92 Å². The number of fused-ring (bicyclic) bond motifs is 1. The molecule has 1 heterocycles. The standard InChI is InChI=1S/C10H7Cl3O2/c1-4-3-15-10-6(12)2-5(11)8(13)7(10)9(4)14/h2,4H,3H2,1H3. The van der Waals surface area contributed by atoms with Crippen molar-refractivity contribution in [1.29, 1.82) is 0 Å². The maximum absolute atomic E-state index is 11.9. The number of halogens is 3. The Bertz CT molecular complexity index is 443. The molecule has 0 fully saturated rings. The molecule has 2 rings (SSSR count). The summed E-state index contributed by atoms with van der Waals surface area (Å²) < 4.78 is 5.38. The predicted octanol–water partition coefficient (Wildman–Crippen LogP) is 3.86. The highest BCUT2D eigenvalue weighted by Crippen LogP contribution is 2.42. The molecule has 0 aromatic heterocycles. The van der Waals surface area contributed by atoms with Gasteiger partial charge < -0.3 is 4.74 Å². The van der Waals surface area contributed by atoms with Crippen molar-refractivity contribution in [2.45, 2.75) is 6.92 Å². The van der Waals surface area contributed by atoms with Crippen LogP contribution in [0.1, 0.15) is 17.3 Å². The molecule has 0 N–H and O–H groups in total. The number of carbonyl (C=O) groups is 1. The minimum Gasteiger partial charge on any atom is -0.490 e. The summed E-state index contributed by atoms with van der Waals surface area (Å²) in [6.45, 7) is 2.10. The van der Waals surface area contributed by atoms with Crippen molar-refractivity contribution in [3.05, 3.63) is 26.7 Å². The van der Waals surface area contributed by atoms with E-state index in [2.05, 4.69) is 0 Å². The Morgan fingerprint density at radius 3 is 2.67 bits per heavy atom. The van der Waals surface area contributed by atoms with Gasteiger partial charge in [-0.3, -0.25) is 4.79 Å². The highest BCUT2D eigenvalue weighted by molar-refractivity contribution is 6.46. The summed E-state index contributed by atoms with van der Waals surface area (Å²) in [4.78, 5) is 11.9. The fraction of sp³-hybridized carbons (Fsp3) is 0.300. The zero-order valence-electron chi connectivity index (χ0n) is 7.81. The van der Waals surface area contributed by atoms with Gasteiger partial charge in [0, 0.05) is 0 Å². The van der Waals surface area contributed by atoms with E-state index in [1.807, 2.05) is 0 Å². The van der Waals surface area contributed by atoms with Gasteiger partial charge >= 0.3 is 0 Å². The van der Waals surface area contributed by atoms with Crippen LogP contribution in [0.25, 0.3) is 0 Å². The van der Waals surface area contributed by atoms with Gasteiger partial charge in [0.2, 0.25) is 0 Å². The van der Waals surface area contributed by atoms with E-state index in [0.29, 0.717) is 22.9 Å². The lowest BCUT2D eigenvalue weighted by molar-refractivity contribution is 0.0849. The molecule has 1 aliphatic rings. The Balaban J connectivity index is 2.70. The van der Waals surface area contributed by atoms with Crippen molar-refractivity contribution >= 4 is 40.6 Å². The van der Waals surface area contributed by atoms with Crippen LogP contribution in [-0.4, -0.2) is 12.4 Å². The largest absolute Gasteiger partial charge is 0.490 e. The van der Waals surface area contributed by atoms with Gasteiger partial charge in [-0.1, -0.05) is 41.7 Å². The van der Waals surface area contributed by atoms with Gasteiger partial charge in [0.15, 0.2) is 5.78 Å². The van der Waals surface area contributed by atoms with Crippen molar-refractivity contribution in [2.24, 2.45) is 5.92 Å². The summed E-state index contributed by atoms with van der Waals surface area (Å²) >= 11 is 17.7. The zero-order chi connectivity index (χ0) is 11.2. The summed E-state index contributed by atoms with van der Waals surface area (Å²) in [5, 5.41) is 0.804. The fourth-order valence-corrected chi connectivity index (χ4v) is 2.22. The Kier molecular flexibility index (Phi) is 2.84. The first-order valence-corrected chi connectivity index (χ1v) is 5.50. The molecule has 80 valence electrons. The van der Waals surface area contributed by atoms with Crippen LogP contribution in [0.15, 0.2) is 6.07 Å². The molecular formula is C10H7Cl3O2. The lowest BCUT2D eigenvalue weighted by Crippen LogP contribution is -2.25. The molecular weight excluding hydrogens is 258 g/mol. The molecule has 1 atom stereocenters. The van der Waals surface area contributed by atoms with Crippen LogP contribution >= 0.6 is 34.8 Å². The van der Waals surface area contributed by atoms with E-state index in [0.717, 1.165) is 0 Å². The topological polar surface area (TPSA) is 26.3 Å². The average Bonchev–Trinajstić information content (AvgIpc) is 2.19. The second-order valence-electron chi connectivity index (χ2n) is 3.43. The minimum absolute atomic E-state index is 0.0781. The highest BCUT2D eigenvalue weighted by Gasteiger charge is 2.30. The van der Waals surface area contributed by atoms with Gasteiger partial charge in [-0.15, -0.1) is 0 Å². The van der Waals surface area contributed by atoms with Gasteiger partial charge in [-0.25, -0.2) is 0 Å². The molecule has 1 unspecified atom stereocenters. The molecule has 0 amide bonds. The van der Waals surface area contributed by atoms with Gasteiger partial charge in [0.05, 0.1) is 33.2 Å². The first-order valence-electron chi connectivity index (χ1n) is 4.37. The van der Waals surface area contributed by atoms with Crippen molar-refractivity contribution in [2.75, 3.05) is 6.61 Å². The summed E-state index contributed by atoms with van der Waals surface area (Å²) in [5.41, 5.74) is 0.299. The number of ether oxygens (including phenoxy) is 1. The van der Waals surface area contributed by atoms with Gasteiger partial charge in [-0.2, -0.15) is 0 Å². The molecule has 15 heavy (non-hydrogen) atoms. The molecule has 0 saturated carbocycles. The van der Waals surface area contributed by atoms with Crippen molar-refractivity contribution in [3.8, 4) is 5.75 Å². The number of ketones is 1. The smallest absolute Gasteiger partial charge is 0.174 e. The number of rotatable bonds is 0. The Morgan fingerprint density at radius 1 is 1.33 bits per heavy atom. The van der Waals surface area contributed by atoms with Crippen LogP contribution in [0.5, 0.6) is 5.75 Å². The van der Waals surface area contributed by atoms with Crippen molar-refractivity contribution in [1.82, 2.24) is 0 Å². The lowest BCUT2D eigenvalue weighted by Gasteiger charge is -2.23. The van der Waals surface area contributed by atoms with E-state index in [-0.39, 0.29) is 21.7 Å². The van der Waals surface area contributed by atoms with E-state index in [1.165, 1.54) is 6.07 Å². The van der Waals surface area contributed by atoms with Crippen LogP contribution in [-0.2, 0) is 0 Å². The maximum Gasteiger partial charge on any atom is 0.174 e. The molecule has 0 radical (unpaired) electrons. The number of benzene rings is 1. The van der Waals surface area contributed by atoms with E-state index >= 15 is 0 Å². The van der Waals surface area contributed by atoms with E-state index in [9.17, 15) is 4.79 Å². The summed E-state index contributed by atoms with van der Waals surface area (Å²) in [7, 11) is 0. The Labute approximate surface area is 102 Å². The molecule has 2 nitrogen and oxygen atoms in total. The van der Waals surface area contributed by atoms with Crippen LogP contribution < -0.4 is 4.74 Å².